The molecule has 0 radical (unpaired) electrons. The van der Waals surface area contributed by atoms with E-state index in [9.17, 15) is 9.59 Å². The highest BCUT2D eigenvalue weighted by Crippen LogP contribution is 2.21. The minimum atomic E-state index is -0.374. The maximum Gasteiger partial charge on any atom is 0.272 e. The Bertz CT molecular complexity index is 956. The van der Waals surface area contributed by atoms with Crippen molar-refractivity contribution >= 4 is 23.1 Å². The van der Waals surface area contributed by atoms with E-state index in [0.717, 1.165) is 0 Å². The van der Waals surface area contributed by atoms with Gasteiger partial charge in [0.05, 0.1) is 7.11 Å². The van der Waals surface area contributed by atoms with Crippen LogP contribution in [0.15, 0.2) is 35.1 Å². The van der Waals surface area contributed by atoms with E-state index in [1.165, 1.54) is 10.6 Å². The van der Waals surface area contributed by atoms with Gasteiger partial charge in [0.1, 0.15) is 17.1 Å². The molecule has 0 spiro atoms. The number of carbonyl (C=O) groups is 1. The third kappa shape index (κ3) is 2.69. The maximum absolute atomic E-state index is 12.7. The van der Waals surface area contributed by atoms with Crippen LogP contribution < -0.4 is 20.9 Å². The van der Waals surface area contributed by atoms with Gasteiger partial charge in [-0.3, -0.25) is 14.7 Å². The summed E-state index contributed by atoms with van der Waals surface area (Å²) in [5, 5.41) is 8.52. The number of amides is 1. The second-order valence-corrected chi connectivity index (χ2v) is 5.19. The molecule has 0 aliphatic carbocycles. The third-order valence-corrected chi connectivity index (χ3v) is 3.57. The van der Waals surface area contributed by atoms with Gasteiger partial charge in [0.15, 0.2) is 5.65 Å². The summed E-state index contributed by atoms with van der Waals surface area (Å²) in [6, 6.07) is 8.35. The number of aryl methyl sites for hydroxylation is 1. The lowest BCUT2D eigenvalue weighted by molar-refractivity contribution is 0.102. The number of methoxy groups -OCH3 is 1. The van der Waals surface area contributed by atoms with E-state index in [2.05, 4.69) is 20.7 Å². The Balaban J connectivity index is 2.03. The van der Waals surface area contributed by atoms with Crippen molar-refractivity contribution in [2.45, 2.75) is 6.92 Å². The van der Waals surface area contributed by atoms with Crippen molar-refractivity contribution in [2.24, 2.45) is 0 Å². The Morgan fingerprint density at radius 1 is 1.29 bits per heavy atom. The van der Waals surface area contributed by atoms with Gasteiger partial charge in [-0.2, -0.15) is 4.52 Å². The lowest BCUT2D eigenvalue weighted by atomic mass is 10.2. The molecule has 2 heterocycles. The first-order chi connectivity index (χ1) is 11.5. The molecule has 0 aliphatic rings. The molecule has 0 aliphatic heterocycles. The van der Waals surface area contributed by atoms with E-state index in [4.69, 9.17) is 4.74 Å². The zero-order valence-corrected chi connectivity index (χ0v) is 13.5. The summed E-state index contributed by atoms with van der Waals surface area (Å²) in [6.07, 6.45) is 0. The summed E-state index contributed by atoms with van der Waals surface area (Å²) < 4.78 is 6.33. The van der Waals surface area contributed by atoms with Gasteiger partial charge in [0.2, 0.25) is 0 Å². The summed E-state index contributed by atoms with van der Waals surface area (Å²) in [7, 11) is 3.23. The number of H-pyrrole nitrogens is 1. The first-order valence-electron chi connectivity index (χ1n) is 7.29. The van der Waals surface area contributed by atoms with Gasteiger partial charge in [-0.05, 0) is 31.2 Å². The Morgan fingerprint density at radius 2 is 2.00 bits per heavy atom. The largest absolute Gasteiger partial charge is 0.497 e. The van der Waals surface area contributed by atoms with Crippen LogP contribution in [0, 0.1) is 6.92 Å². The van der Waals surface area contributed by atoms with Crippen molar-refractivity contribution in [1.29, 1.82) is 0 Å². The zero-order valence-electron chi connectivity index (χ0n) is 13.5. The van der Waals surface area contributed by atoms with Crippen LogP contribution >= 0.6 is 0 Å². The monoisotopic (exact) mass is 327 g/mol. The Labute approximate surface area is 137 Å². The predicted molar refractivity (Wildman–Crippen MR) is 91.0 cm³/mol. The average molecular weight is 327 g/mol. The van der Waals surface area contributed by atoms with Crippen LogP contribution in [0.25, 0.3) is 5.65 Å². The highest BCUT2D eigenvalue weighted by atomic mass is 16.5. The van der Waals surface area contributed by atoms with Crippen molar-refractivity contribution in [1.82, 2.24) is 14.6 Å². The SMILES string of the molecule is CNc1[nH]n2c(=O)cc(C)nc2c1C(=O)Nc1ccc(OC)cc1. The molecule has 1 aromatic carbocycles. The number of anilines is 2. The number of rotatable bonds is 4. The number of benzene rings is 1. The molecule has 8 nitrogen and oxygen atoms in total. The molecule has 0 bridgehead atoms. The van der Waals surface area contributed by atoms with Crippen LogP contribution in [0.2, 0.25) is 0 Å². The fraction of sp³-hybridized carbons (Fsp3) is 0.188. The number of hydrogen-bond donors (Lipinski definition) is 3. The average Bonchev–Trinajstić information content (AvgIpc) is 2.94. The van der Waals surface area contributed by atoms with Crippen molar-refractivity contribution in [2.75, 3.05) is 24.8 Å². The highest BCUT2D eigenvalue weighted by Gasteiger charge is 2.21. The minimum absolute atomic E-state index is 0.272. The quantitative estimate of drug-likeness (QED) is 0.676. The fourth-order valence-corrected chi connectivity index (χ4v) is 2.42. The number of aromatic amines is 1. The van der Waals surface area contributed by atoms with Crippen molar-refractivity contribution in [3.8, 4) is 5.75 Å². The molecule has 124 valence electrons. The topological polar surface area (TPSA) is 101 Å². The summed E-state index contributed by atoms with van der Waals surface area (Å²) in [6.45, 7) is 1.71. The van der Waals surface area contributed by atoms with Crippen molar-refractivity contribution in [3.05, 3.63) is 51.9 Å². The molecule has 0 unspecified atom stereocenters. The number of fused-ring (bicyclic) bond motifs is 1. The van der Waals surface area contributed by atoms with Gasteiger partial charge in [0.25, 0.3) is 11.5 Å². The molecule has 0 fully saturated rings. The van der Waals surface area contributed by atoms with Gasteiger partial charge in [0, 0.05) is 24.5 Å². The summed E-state index contributed by atoms with van der Waals surface area (Å²) in [5.74, 6) is 0.733. The van der Waals surface area contributed by atoms with E-state index in [1.54, 1.807) is 45.3 Å². The second-order valence-electron chi connectivity index (χ2n) is 5.19. The third-order valence-electron chi connectivity index (χ3n) is 3.57. The number of ether oxygens (including phenoxy) is 1. The Kier molecular flexibility index (Phi) is 3.95. The second kappa shape index (κ2) is 6.07. The molecule has 3 rings (SSSR count). The molecule has 8 heteroatoms. The van der Waals surface area contributed by atoms with Crippen molar-refractivity contribution in [3.63, 3.8) is 0 Å². The molecule has 24 heavy (non-hydrogen) atoms. The summed E-state index contributed by atoms with van der Waals surface area (Å²) in [5.41, 5.74) is 1.42. The highest BCUT2D eigenvalue weighted by molar-refractivity contribution is 6.11. The fourth-order valence-electron chi connectivity index (χ4n) is 2.42. The summed E-state index contributed by atoms with van der Waals surface area (Å²) in [4.78, 5) is 29.0. The van der Waals surface area contributed by atoms with Gasteiger partial charge in [-0.1, -0.05) is 0 Å². The molecule has 3 N–H and O–H groups in total. The molecular weight excluding hydrogens is 310 g/mol. The molecule has 1 amide bonds. The predicted octanol–water partition coefficient (Wildman–Crippen LogP) is 1.63. The van der Waals surface area contributed by atoms with E-state index in [1.807, 2.05) is 0 Å². The standard InChI is InChI=1S/C16H17N5O3/c1-9-8-12(22)21-15(18-9)13(14(17-2)20-21)16(23)19-10-4-6-11(24-3)7-5-10/h4-8,17,20H,1-3H3,(H,19,23). The lowest BCUT2D eigenvalue weighted by Crippen LogP contribution is -2.17. The molecular formula is C16H17N5O3. The number of nitrogens with zero attached hydrogens (tertiary/aromatic N) is 2. The van der Waals surface area contributed by atoms with Gasteiger partial charge >= 0.3 is 0 Å². The van der Waals surface area contributed by atoms with Crippen LogP contribution in [-0.4, -0.2) is 34.7 Å². The van der Waals surface area contributed by atoms with E-state index in [-0.39, 0.29) is 22.7 Å². The molecule has 0 saturated carbocycles. The number of nitrogens with one attached hydrogen (secondary N) is 3. The smallest absolute Gasteiger partial charge is 0.272 e. The van der Waals surface area contributed by atoms with Crippen LogP contribution in [0.5, 0.6) is 5.75 Å². The normalized spacial score (nSPS) is 10.6. The van der Waals surface area contributed by atoms with Crippen LogP contribution in [0.1, 0.15) is 16.1 Å². The maximum atomic E-state index is 12.7. The van der Waals surface area contributed by atoms with E-state index < -0.39 is 0 Å². The lowest BCUT2D eigenvalue weighted by Gasteiger charge is -2.07. The molecule has 0 saturated heterocycles. The molecule has 0 atom stereocenters. The van der Waals surface area contributed by atoms with Gasteiger partial charge < -0.3 is 15.4 Å². The van der Waals surface area contributed by atoms with Gasteiger partial charge in [-0.15, -0.1) is 0 Å². The first-order valence-corrected chi connectivity index (χ1v) is 7.29. The van der Waals surface area contributed by atoms with Crippen molar-refractivity contribution < 1.29 is 9.53 Å². The summed E-state index contributed by atoms with van der Waals surface area (Å²) >= 11 is 0. The number of hydrogen-bond acceptors (Lipinski definition) is 5. The Morgan fingerprint density at radius 3 is 2.62 bits per heavy atom. The Hall–Kier alpha value is -3.29. The van der Waals surface area contributed by atoms with E-state index >= 15 is 0 Å². The minimum Gasteiger partial charge on any atom is -0.497 e. The van der Waals surface area contributed by atoms with E-state index in [0.29, 0.717) is 22.9 Å². The first kappa shape index (κ1) is 15.6. The van der Waals surface area contributed by atoms with Crippen LogP contribution in [0.3, 0.4) is 0 Å². The van der Waals surface area contributed by atoms with Crippen LogP contribution in [0.4, 0.5) is 11.5 Å². The zero-order chi connectivity index (χ0) is 17.3. The molecule has 2 aromatic heterocycles. The van der Waals surface area contributed by atoms with Crippen LogP contribution in [-0.2, 0) is 0 Å². The molecule has 3 aromatic rings. The number of aromatic nitrogens is 3. The van der Waals surface area contributed by atoms with Gasteiger partial charge in [-0.25, -0.2) is 4.98 Å². The number of carbonyl (C=O) groups excluding carboxylic acids is 1.